The lowest BCUT2D eigenvalue weighted by Gasteiger charge is -2.20. The Balaban J connectivity index is 0.000000185. The zero-order valence-corrected chi connectivity index (χ0v) is 29.5. The van der Waals surface area contributed by atoms with Crippen LogP contribution in [0.4, 0.5) is 11.6 Å². The summed E-state index contributed by atoms with van der Waals surface area (Å²) in [5.41, 5.74) is 15.2. The number of hydrogen-bond acceptors (Lipinski definition) is 10. The van der Waals surface area contributed by atoms with E-state index in [4.69, 9.17) is 16.5 Å². The van der Waals surface area contributed by atoms with Gasteiger partial charge in [0.1, 0.15) is 22.7 Å². The van der Waals surface area contributed by atoms with E-state index in [0.717, 1.165) is 55.7 Å². The Labute approximate surface area is 281 Å². The van der Waals surface area contributed by atoms with E-state index in [9.17, 15) is 14.4 Å². The monoisotopic (exact) mass is 676 g/mol. The molecule has 2 aromatic carbocycles. The number of para-hydroxylation sites is 2. The summed E-state index contributed by atoms with van der Waals surface area (Å²) in [4.78, 5) is 18.2. The van der Waals surface area contributed by atoms with Crippen LogP contribution in [0.5, 0.6) is 0 Å². The summed E-state index contributed by atoms with van der Waals surface area (Å²) in [6.45, 7) is 11.9. The van der Waals surface area contributed by atoms with E-state index in [2.05, 4.69) is 26.4 Å². The SMILES string of the molecule is CCS(=O)Cc1nc2c(N)nc3ccccc3c2n1CC(C)(C)O.CCSCc1nc2c(N)nc3ccccc3c2n1CC(C)(C)O. The Morgan fingerprint density at radius 3 is 1.64 bits per heavy atom. The number of aliphatic hydroxyl groups is 2. The molecule has 4 aromatic heterocycles. The third-order valence-corrected chi connectivity index (χ3v) is 9.61. The molecule has 6 N–H and O–H groups in total. The number of hydrogen-bond donors (Lipinski definition) is 4. The molecule has 0 spiro atoms. The summed E-state index contributed by atoms with van der Waals surface area (Å²) in [5.74, 6) is 5.07. The predicted octanol–water partition coefficient (Wildman–Crippen LogP) is 5.40. The number of aromatic nitrogens is 6. The highest BCUT2D eigenvalue weighted by Gasteiger charge is 2.24. The van der Waals surface area contributed by atoms with Gasteiger partial charge in [0.25, 0.3) is 0 Å². The number of rotatable bonds is 10. The van der Waals surface area contributed by atoms with Crippen molar-refractivity contribution in [1.29, 1.82) is 0 Å². The number of pyridine rings is 2. The minimum Gasteiger partial charge on any atom is -0.389 e. The fraction of sp³-hybridized carbons (Fsp3) is 0.412. The van der Waals surface area contributed by atoms with Crippen LogP contribution < -0.4 is 11.5 Å². The van der Waals surface area contributed by atoms with Crippen molar-refractivity contribution >= 4 is 78.1 Å². The molecule has 11 nitrogen and oxygen atoms in total. The molecule has 250 valence electrons. The van der Waals surface area contributed by atoms with Gasteiger partial charge in [-0.2, -0.15) is 11.8 Å². The van der Waals surface area contributed by atoms with Gasteiger partial charge in [0.15, 0.2) is 11.6 Å². The number of imidazole rings is 2. The zero-order valence-electron chi connectivity index (χ0n) is 27.8. The fourth-order valence-electron chi connectivity index (χ4n) is 5.58. The first-order valence-corrected chi connectivity index (χ1v) is 18.3. The molecule has 4 heterocycles. The van der Waals surface area contributed by atoms with Gasteiger partial charge in [-0.3, -0.25) is 4.21 Å². The molecule has 0 bridgehead atoms. The van der Waals surface area contributed by atoms with Crippen molar-refractivity contribution in [2.75, 3.05) is 23.0 Å². The zero-order chi connectivity index (χ0) is 34.1. The van der Waals surface area contributed by atoms with Crippen molar-refractivity contribution in [1.82, 2.24) is 29.1 Å². The van der Waals surface area contributed by atoms with Crippen molar-refractivity contribution in [2.24, 2.45) is 0 Å². The first-order valence-electron chi connectivity index (χ1n) is 15.6. The Bertz CT molecular complexity index is 2080. The number of anilines is 2. The van der Waals surface area contributed by atoms with Crippen LogP contribution in [0.25, 0.3) is 43.9 Å². The average molecular weight is 677 g/mol. The van der Waals surface area contributed by atoms with Crippen LogP contribution in [0.2, 0.25) is 0 Å². The molecule has 0 aliphatic heterocycles. The molecule has 0 saturated heterocycles. The van der Waals surface area contributed by atoms with Crippen molar-refractivity contribution in [3.05, 3.63) is 60.2 Å². The maximum absolute atomic E-state index is 12.1. The van der Waals surface area contributed by atoms with Crippen molar-refractivity contribution in [2.45, 2.75) is 77.3 Å². The fourth-order valence-corrected chi connectivity index (χ4v) is 6.90. The summed E-state index contributed by atoms with van der Waals surface area (Å²) in [6.07, 6.45) is 0. The first-order chi connectivity index (χ1) is 22.2. The molecular formula is C34H44N8O3S2. The number of benzene rings is 2. The summed E-state index contributed by atoms with van der Waals surface area (Å²) >= 11 is 1.80. The van der Waals surface area contributed by atoms with Crippen LogP contribution in [0.3, 0.4) is 0 Å². The molecule has 6 rings (SSSR count). The quantitative estimate of drug-likeness (QED) is 0.147. The van der Waals surface area contributed by atoms with Gasteiger partial charge in [0.2, 0.25) is 0 Å². The lowest BCUT2D eigenvalue weighted by molar-refractivity contribution is 0.0615. The van der Waals surface area contributed by atoms with E-state index < -0.39 is 22.0 Å². The molecule has 0 saturated carbocycles. The molecule has 47 heavy (non-hydrogen) atoms. The minimum atomic E-state index is -1.01. The third-order valence-electron chi connectivity index (χ3n) is 7.52. The molecule has 0 amide bonds. The molecule has 1 atom stereocenters. The molecule has 13 heteroatoms. The number of thioether (sulfide) groups is 1. The largest absolute Gasteiger partial charge is 0.389 e. The van der Waals surface area contributed by atoms with Crippen LogP contribution in [0.15, 0.2) is 48.5 Å². The van der Waals surface area contributed by atoms with Gasteiger partial charge >= 0.3 is 0 Å². The van der Waals surface area contributed by atoms with Crippen LogP contribution in [-0.2, 0) is 35.4 Å². The lowest BCUT2D eigenvalue weighted by Crippen LogP contribution is -2.27. The highest BCUT2D eigenvalue weighted by atomic mass is 32.2. The molecular weight excluding hydrogens is 633 g/mol. The maximum Gasteiger partial charge on any atom is 0.152 e. The molecule has 0 aliphatic rings. The van der Waals surface area contributed by atoms with Gasteiger partial charge in [-0.25, -0.2) is 19.9 Å². The molecule has 0 aliphatic carbocycles. The summed E-state index contributed by atoms with van der Waals surface area (Å²) in [5, 5.41) is 22.6. The predicted molar refractivity (Wildman–Crippen MR) is 196 cm³/mol. The topological polar surface area (TPSA) is 171 Å². The Kier molecular flexibility index (Phi) is 10.1. The van der Waals surface area contributed by atoms with Crippen LogP contribution in [0.1, 0.15) is 53.2 Å². The minimum absolute atomic E-state index is 0.328. The Hall–Kier alpha value is -3.78. The van der Waals surface area contributed by atoms with E-state index in [1.54, 1.807) is 25.6 Å². The second-order valence-electron chi connectivity index (χ2n) is 12.8. The van der Waals surface area contributed by atoms with Gasteiger partial charge in [-0.1, -0.05) is 50.2 Å². The van der Waals surface area contributed by atoms with Crippen molar-refractivity contribution < 1.29 is 14.4 Å². The maximum atomic E-state index is 12.1. The molecule has 0 radical (unpaired) electrons. The molecule has 1 unspecified atom stereocenters. The third kappa shape index (κ3) is 7.69. The Morgan fingerprint density at radius 1 is 0.745 bits per heavy atom. The second kappa shape index (κ2) is 13.8. The van der Waals surface area contributed by atoms with Crippen LogP contribution in [0, 0.1) is 0 Å². The van der Waals surface area contributed by atoms with Crippen molar-refractivity contribution in [3.8, 4) is 0 Å². The lowest BCUT2D eigenvalue weighted by atomic mass is 10.1. The standard InChI is InChI=1S/C17H22N4O2S.C17H22N4OS/c1-4-24(23)9-13-20-14-15(21(13)10-17(2,3)22)11-7-5-6-8-12(11)19-16(14)18;1-4-23-9-13-20-14-15(21(13)10-17(2,3)22)11-7-5-6-8-12(11)19-16(14)18/h5-8,22H,4,9-10H2,1-3H3,(H2,18,19);5-8,22H,4,9-10H2,1-3H3,(H2,18,19). The number of nitrogens with two attached hydrogens (primary N) is 2. The highest BCUT2D eigenvalue weighted by Crippen LogP contribution is 2.32. The van der Waals surface area contributed by atoms with E-state index in [0.29, 0.717) is 47.6 Å². The first kappa shape index (κ1) is 34.6. The van der Waals surface area contributed by atoms with Crippen LogP contribution in [-0.4, -0.2) is 66.2 Å². The van der Waals surface area contributed by atoms with Gasteiger partial charge in [0.05, 0.1) is 57.9 Å². The second-order valence-corrected chi connectivity index (χ2v) is 15.8. The Morgan fingerprint density at radius 2 is 1.19 bits per heavy atom. The molecule has 0 fully saturated rings. The van der Waals surface area contributed by atoms with Gasteiger partial charge in [-0.05, 0) is 45.6 Å². The van der Waals surface area contributed by atoms with Crippen molar-refractivity contribution in [3.63, 3.8) is 0 Å². The van der Waals surface area contributed by atoms with Gasteiger partial charge < -0.3 is 30.8 Å². The summed E-state index contributed by atoms with van der Waals surface area (Å²) in [7, 11) is -1.01. The summed E-state index contributed by atoms with van der Waals surface area (Å²) in [6, 6.07) is 15.6. The summed E-state index contributed by atoms with van der Waals surface area (Å²) < 4.78 is 16.1. The number of nitrogens with zero attached hydrogens (tertiary/aromatic N) is 6. The number of nitrogen functional groups attached to an aromatic ring is 2. The van der Waals surface area contributed by atoms with E-state index in [1.807, 2.05) is 73.9 Å². The normalized spacial score (nSPS) is 13.0. The van der Waals surface area contributed by atoms with E-state index >= 15 is 0 Å². The average Bonchev–Trinajstić information content (AvgIpc) is 3.53. The highest BCUT2D eigenvalue weighted by molar-refractivity contribution is 7.98. The smallest absolute Gasteiger partial charge is 0.152 e. The number of fused-ring (bicyclic) bond motifs is 6. The molecule has 6 aromatic rings. The van der Waals surface area contributed by atoms with Gasteiger partial charge in [0, 0.05) is 27.3 Å². The van der Waals surface area contributed by atoms with Gasteiger partial charge in [-0.15, -0.1) is 0 Å². The van der Waals surface area contributed by atoms with Crippen LogP contribution >= 0.6 is 11.8 Å². The van der Waals surface area contributed by atoms with E-state index in [-0.39, 0.29) is 0 Å². The van der Waals surface area contributed by atoms with E-state index in [1.165, 1.54) is 0 Å².